The number of rotatable bonds is 6. The highest BCUT2D eigenvalue weighted by Crippen LogP contribution is 2.38. The molecule has 0 amide bonds. The highest BCUT2D eigenvalue weighted by molar-refractivity contribution is 7.79. The maximum atomic E-state index is 2.39. The predicted molar refractivity (Wildman–Crippen MR) is 204 cm³/mol. The number of aryl methyl sites for hydroxylation is 1. The lowest BCUT2D eigenvalue weighted by Gasteiger charge is -2.22. The van der Waals surface area contributed by atoms with Crippen LogP contribution in [0.1, 0.15) is 56.5 Å². The summed E-state index contributed by atoms with van der Waals surface area (Å²) < 4.78 is 0. The van der Waals surface area contributed by atoms with E-state index in [4.69, 9.17) is 0 Å². The first-order valence-electron chi connectivity index (χ1n) is 16.7. The molecule has 0 saturated carbocycles. The van der Waals surface area contributed by atoms with Gasteiger partial charge in [0, 0.05) is 0 Å². The van der Waals surface area contributed by atoms with Crippen molar-refractivity contribution in [1.29, 1.82) is 0 Å². The summed E-state index contributed by atoms with van der Waals surface area (Å²) in [6.45, 7) is 0. The van der Waals surface area contributed by atoms with E-state index < -0.39 is 7.92 Å². The minimum absolute atomic E-state index is 0.719. The van der Waals surface area contributed by atoms with Gasteiger partial charge in [0.05, 0.1) is 0 Å². The molecule has 0 fully saturated rings. The van der Waals surface area contributed by atoms with Gasteiger partial charge in [-0.25, -0.2) is 0 Å². The van der Waals surface area contributed by atoms with Crippen LogP contribution in [-0.2, 0) is 19.3 Å². The number of fused-ring (bicyclic) bond motifs is 3. The van der Waals surface area contributed by atoms with Crippen LogP contribution >= 0.6 is 7.92 Å². The molecule has 0 bridgehead atoms. The molecular formula is C46H35P. The Bertz CT molecular complexity index is 2100. The second-order valence-electron chi connectivity index (χ2n) is 12.9. The molecule has 0 nitrogen and oxygen atoms in total. The first-order chi connectivity index (χ1) is 23.2. The van der Waals surface area contributed by atoms with Gasteiger partial charge in [-0.15, -0.1) is 0 Å². The Kier molecular flexibility index (Phi) is 7.18. The molecule has 0 aliphatic heterocycles. The van der Waals surface area contributed by atoms with Gasteiger partial charge in [-0.3, -0.25) is 0 Å². The molecule has 0 unspecified atom stereocenters. The van der Waals surface area contributed by atoms with Gasteiger partial charge < -0.3 is 0 Å². The predicted octanol–water partition coefficient (Wildman–Crippen LogP) is 10.1. The van der Waals surface area contributed by atoms with Crippen LogP contribution < -0.4 is 15.9 Å². The van der Waals surface area contributed by atoms with E-state index in [-0.39, 0.29) is 0 Å². The SMILES string of the molecule is C1=C(c2ccc(P(c3ccc(C4=Cc5ccccc5C4)cc3)c3ccc(C4=Cc5ccccc5C4)cc3)cc2)CCc2ccccc21. The lowest BCUT2D eigenvalue weighted by atomic mass is 9.89. The Morgan fingerprint density at radius 2 is 0.681 bits per heavy atom. The standard InChI is InChI=1S/C46H35P/c1-2-8-36-27-41(14-13-32(36)7-1)33-15-21-44(22-16-33)47(45-23-17-34(18-24-45)42-28-37-9-3-4-10-38(37)29-42)46-25-19-35(20-26-46)43-30-39-11-5-6-12-40(39)31-43/h1-12,15-28,30H,13-14,29,31H2. The summed E-state index contributed by atoms with van der Waals surface area (Å²) in [7, 11) is -0.719. The monoisotopic (exact) mass is 618 g/mol. The summed E-state index contributed by atoms with van der Waals surface area (Å²) in [5.41, 5.74) is 16.6. The molecule has 1 heteroatoms. The molecule has 0 aromatic heterocycles. The fourth-order valence-electron chi connectivity index (χ4n) is 7.51. The quantitative estimate of drug-likeness (QED) is 0.163. The fourth-order valence-corrected chi connectivity index (χ4v) is 9.75. The van der Waals surface area contributed by atoms with Crippen molar-refractivity contribution in [3.8, 4) is 0 Å². The van der Waals surface area contributed by atoms with Gasteiger partial charge in [0.15, 0.2) is 0 Å². The van der Waals surface area contributed by atoms with E-state index in [0.717, 1.165) is 25.7 Å². The molecule has 0 spiro atoms. The zero-order valence-corrected chi connectivity index (χ0v) is 27.3. The van der Waals surface area contributed by atoms with Gasteiger partial charge in [-0.05, 0) is 116 Å². The lowest BCUT2D eigenvalue weighted by molar-refractivity contribution is 1.00. The van der Waals surface area contributed by atoms with Crippen LogP contribution in [0.25, 0.3) is 34.9 Å². The molecule has 9 rings (SSSR count). The Labute approximate surface area is 279 Å². The summed E-state index contributed by atoms with van der Waals surface area (Å²) in [6.07, 6.45) is 11.3. The van der Waals surface area contributed by atoms with Crippen LogP contribution in [0.15, 0.2) is 146 Å². The molecule has 6 aromatic rings. The summed E-state index contributed by atoms with van der Waals surface area (Å²) in [6, 6.07) is 54.7. The Morgan fingerprint density at radius 3 is 1.13 bits per heavy atom. The van der Waals surface area contributed by atoms with Gasteiger partial charge in [0.2, 0.25) is 0 Å². The molecule has 0 N–H and O–H groups in total. The molecule has 0 radical (unpaired) electrons. The van der Waals surface area contributed by atoms with E-state index in [9.17, 15) is 0 Å². The van der Waals surface area contributed by atoms with Crippen molar-refractivity contribution in [2.45, 2.75) is 25.7 Å². The summed E-state index contributed by atoms with van der Waals surface area (Å²) in [4.78, 5) is 0. The molecule has 0 heterocycles. The van der Waals surface area contributed by atoms with E-state index in [1.807, 2.05) is 0 Å². The minimum atomic E-state index is -0.719. The number of hydrogen-bond donors (Lipinski definition) is 0. The van der Waals surface area contributed by atoms with Crippen LogP contribution in [0.4, 0.5) is 0 Å². The first kappa shape index (κ1) is 28.2. The van der Waals surface area contributed by atoms with E-state index >= 15 is 0 Å². The average Bonchev–Trinajstić information content (AvgIpc) is 3.78. The van der Waals surface area contributed by atoms with Crippen LogP contribution in [0, 0.1) is 0 Å². The van der Waals surface area contributed by atoms with Crippen molar-refractivity contribution in [3.05, 3.63) is 196 Å². The largest absolute Gasteiger partial charge is 0.0620 e. The van der Waals surface area contributed by atoms with Gasteiger partial charge >= 0.3 is 0 Å². The zero-order chi connectivity index (χ0) is 31.2. The van der Waals surface area contributed by atoms with Crippen LogP contribution in [0.5, 0.6) is 0 Å². The first-order valence-corrected chi connectivity index (χ1v) is 18.1. The Hall–Kier alpha value is -5.03. The number of benzene rings is 6. The zero-order valence-electron chi connectivity index (χ0n) is 26.4. The second-order valence-corrected chi connectivity index (χ2v) is 15.2. The molecule has 3 aliphatic carbocycles. The Balaban J connectivity index is 1.05. The molecule has 47 heavy (non-hydrogen) atoms. The average molecular weight is 619 g/mol. The summed E-state index contributed by atoms with van der Waals surface area (Å²) in [5, 5.41) is 4.17. The third-order valence-corrected chi connectivity index (χ3v) is 12.5. The van der Waals surface area contributed by atoms with Crippen LogP contribution in [0.2, 0.25) is 0 Å². The smallest absolute Gasteiger partial charge is 0.00137 e. The summed E-state index contributed by atoms with van der Waals surface area (Å²) in [5.74, 6) is 0. The van der Waals surface area contributed by atoms with Gasteiger partial charge in [-0.2, -0.15) is 0 Å². The van der Waals surface area contributed by atoms with Crippen molar-refractivity contribution in [2.75, 3.05) is 0 Å². The van der Waals surface area contributed by atoms with E-state index in [1.54, 1.807) is 0 Å². The lowest BCUT2D eigenvalue weighted by Crippen LogP contribution is -2.21. The van der Waals surface area contributed by atoms with Crippen molar-refractivity contribution < 1.29 is 0 Å². The normalized spacial score (nSPS) is 14.6. The molecule has 3 aliphatic rings. The van der Waals surface area contributed by atoms with Gasteiger partial charge in [0.25, 0.3) is 0 Å². The Morgan fingerprint density at radius 1 is 0.319 bits per heavy atom. The number of hydrogen-bond acceptors (Lipinski definition) is 0. The van der Waals surface area contributed by atoms with Crippen molar-refractivity contribution in [3.63, 3.8) is 0 Å². The third kappa shape index (κ3) is 5.44. The second kappa shape index (κ2) is 12.0. The maximum Gasteiger partial charge on any atom is -0.00137 e. The molecule has 0 atom stereocenters. The van der Waals surface area contributed by atoms with Crippen molar-refractivity contribution >= 4 is 58.8 Å². The van der Waals surface area contributed by atoms with Gasteiger partial charge in [0.1, 0.15) is 0 Å². The molecule has 224 valence electrons. The molecule has 6 aromatic carbocycles. The van der Waals surface area contributed by atoms with Crippen molar-refractivity contribution in [1.82, 2.24) is 0 Å². The highest BCUT2D eigenvalue weighted by Gasteiger charge is 2.21. The minimum Gasteiger partial charge on any atom is -0.0620 e. The van der Waals surface area contributed by atoms with E-state index in [0.29, 0.717) is 0 Å². The third-order valence-electron chi connectivity index (χ3n) is 10.1. The maximum absolute atomic E-state index is 2.39. The van der Waals surface area contributed by atoms with Crippen molar-refractivity contribution in [2.24, 2.45) is 0 Å². The van der Waals surface area contributed by atoms with E-state index in [1.165, 1.54) is 82.7 Å². The topological polar surface area (TPSA) is 0 Å². The van der Waals surface area contributed by atoms with Crippen LogP contribution in [0.3, 0.4) is 0 Å². The highest BCUT2D eigenvalue weighted by atomic mass is 31.1. The molecule has 0 saturated heterocycles. The fraction of sp³-hybridized carbons (Fsp3) is 0.0870. The van der Waals surface area contributed by atoms with Crippen LogP contribution in [-0.4, -0.2) is 0 Å². The molecular weight excluding hydrogens is 583 g/mol. The summed E-state index contributed by atoms with van der Waals surface area (Å²) >= 11 is 0. The van der Waals surface area contributed by atoms with E-state index in [2.05, 4.69) is 164 Å². The number of allylic oxidation sites excluding steroid dienone is 3. The van der Waals surface area contributed by atoms with Gasteiger partial charge in [-0.1, -0.05) is 164 Å².